The summed E-state index contributed by atoms with van der Waals surface area (Å²) in [6.45, 7) is 1.53. The molecule has 6 nitrogen and oxygen atoms in total. The summed E-state index contributed by atoms with van der Waals surface area (Å²) in [6, 6.07) is 9.44. The summed E-state index contributed by atoms with van der Waals surface area (Å²) in [5.41, 5.74) is 1.60. The molecule has 0 unspecified atom stereocenters. The molecule has 0 bridgehead atoms. The molecule has 6 heteroatoms. The minimum absolute atomic E-state index is 0.133. The van der Waals surface area contributed by atoms with Crippen LogP contribution in [0.3, 0.4) is 0 Å². The number of nitriles is 1. The Labute approximate surface area is 167 Å². The van der Waals surface area contributed by atoms with E-state index in [4.69, 9.17) is 4.74 Å². The van der Waals surface area contributed by atoms with Crippen molar-refractivity contribution in [2.75, 3.05) is 19.0 Å². The van der Waals surface area contributed by atoms with Crippen molar-refractivity contribution in [3.8, 4) is 6.07 Å². The zero-order valence-electron chi connectivity index (χ0n) is 16.9. The Hall–Kier alpha value is -2.81. The highest BCUT2D eigenvalue weighted by Crippen LogP contribution is 2.18. The van der Waals surface area contributed by atoms with Crippen LogP contribution in [0.2, 0.25) is 0 Å². The molecule has 0 aromatic heterocycles. The number of benzene rings is 1. The molecule has 28 heavy (non-hydrogen) atoms. The summed E-state index contributed by atoms with van der Waals surface area (Å²) < 4.78 is 5.22. The van der Waals surface area contributed by atoms with Crippen LogP contribution < -0.4 is 10.2 Å². The Morgan fingerprint density at radius 1 is 1.18 bits per heavy atom. The van der Waals surface area contributed by atoms with E-state index < -0.39 is 12.1 Å². The van der Waals surface area contributed by atoms with Gasteiger partial charge in [0.15, 0.2) is 6.10 Å². The first-order valence-electron chi connectivity index (χ1n) is 9.81. The van der Waals surface area contributed by atoms with E-state index in [-0.39, 0.29) is 17.5 Å². The van der Waals surface area contributed by atoms with Crippen molar-refractivity contribution in [3.63, 3.8) is 0 Å². The molecule has 150 valence electrons. The van der Waals surface area contributed by atoms with E-state index in [0.29, 0.717) is 0 Å². The number of carbonyl (C=O) groups is 2. The van der Waals surface area contributed by atoms with Crippen molar-refractivity contribution < 1.29 is 14.3 Å². The molecule has 1 N–H and O–H groups in total. The summed E-state index contributed by atoms with van der Waals surface area (Å²) in [5.74, 6) is -1.10. The molecule has 0 aliphatic heterocycles. The Kier molecular flexibility index (Phi) is 8.06. The largest absolute Gasteiger partial charge is 0.448 e. The maximum Gasteiger partial charge on any atom is 0.349 e. The van der Waals surface area contributed by atoms with E-state index in [1.165, 1.54) is 25.8 Å². The van der Waals surface area contributed by atoms with Gasteiger partial charge >= 0.3 is 5.97 Å². The molecule has 1 aliphatic carbocycles. The SMILES string of the molecule is C[C@H](OC(=O)/C(C#N)=C/c1ccc(N(C)C)cc1)C(=O)NC1CCCCCC1. The number of anilines is 1. The van der Waals surface area contributed by atoms with Gasteiger partial charge in [-0.1, -0.05) is 37.8 Å². The number of nitrogens with zero attached hydrogens (tertiary/aromatic N) is 2. The van der Waals surface area contributed by atoms with E-state index in [1.54, 1.807) is 0 Å². The topological polar surface area (TPSA) is 82.4 Å². The predicted octanol–water partition coefficient (Wildman–Crippen LogP) is 3.43. The average Bonchev–Trinajstić information content (AvgIpc) is 2.94. The zero-order chi connectivity index (χ0) is 20.5. The van der Waals surface area contributed by atoms with Crippen LogP contribution >= 0.6 is 0 Å². The lowest BCUT2D eigenvalue weighted by molar-refractivity contribution is -0.151. The Morgan fingerprint density at radius 2 is 1.79 bits per heavy atom. The molecule has 1 aromatic carbocycles. The van der Waals surface area contributed by atoms with Crippen LogP contribution in [0.1, 0.15) is 51.0 Å². The lowest BCUT2D eigenvalue weighted by Crippen LogP contribution is -2.42. The number of esters is 1. The second-order valence-electron chi connectivity index (χ2n) is 7.40. The quantitative estimate of drug-likeness (QED) is 0.352. The van der Waals surface area contributed by atoms with Crippen LogP contribution in [0.4, 0.5) is 5.69 Å². The monoisotopic (exact) mass is 383 g/mol. The molecular weight excluding hydrogens is 354 g/mol. The van der Waals surface area contributed by atoms with Gasteiger partial charge in [-0.25, -0.2) is 4.79 Å². The van der Waals surface area contributed by atoms with Crippen LogP contribution in [-0.4, -0.2) is 38.1 Å². The third-order valence-corrected chi connectivity index (χ3v) is 4.92. The van der Waals surface area contributed by atoms with Gasteiger partial charge in [-0.15, -0.1) is 0 Å². The zero-order valence-corrected chi connectivity index (χ0v) is 16.9. The highest BCUT2D eigenvalue weighted by molar-refractivity contribution is 5.99. The molecule has 1 atom stereocenters. The van der Waals surface area contributed by atoms with Crippen LogP contribution in [0.15, 0.2) is 29.8 Å². The lowest BCUT2D eigenvalue weighted by Gasteiger charge is -2.19. The maximum atomic E-state index is 12.3. The smallest absolute Gasteiger partial charge is 0.349 e. The average molecular weight is 383 g/mol. The van der Waals surface area contributed by atoms with Crippen molar-refractivity contribution in [3.05, 3.63) is 35.4 Å². The van der Waals surface area contributed by atoms with Gasteiger partial charge in [-0.05, 0) is 43.5 Å². The number of ether oxygens (including phenoxy) is 1. The van der Waals surface area contributed by atoms with Gasteiger partial charge in [0.2, 0.25) is 0 Å². The molecule has 1 fully saturated rings. The third kappa shape index (κ3) is 6.41. The van der Waals surface area contributed by atoms with E-state index in [1.807, 2.05) is 49.3 Å². The molecule has 0 saturated heterocycles. The summed E-state index contributed by atoms with van der Waals surface area (Å²) in [6.07, 6.45) is 7.05. The summed E-state index contributed by atoms with van der Waals surface area (Å²) in [5, 5.41) is 12.3. The minimum atomic E-state index is -0.941. The van der Waals surface area contributed by atoms with Crippen molar-refractivity contribution in [1.29, 1.82) is 5.26 Å². The predicted molar refractivity (Wildman–Crippen MR) is 110 cm³/mol. The van der Waals surface area contributed by atoms with Crippen LogP contribution in [0.25, 0.3) is 6.08 Å². The summed E-state index contributed by atoms with van der Waals surface area (Å²) in [4.78, 5) is 26.6. The van der Waals surface area contributed by atoms with Crippen LogP contribution in [-0.2, 0) is 14.3 Å². The summed E-state index contributed by atoms with van der Waals surface area (Å²) in [7, 11) is 3.87. The summed E-state index contributed by atoms with van der Waals surface area (Å²) >= 11 is 0. The van der Waals surface area contributed by atoms with Crippen molar-refractivity contribution in [1.82, 2.24) is 5.32 Å². The Morgan fingerprint density at radius 3 is 2.32 bits per heavy atom. The number of nitrogens with one attached hydrogen (secondary N) is 1. The van der Waals surface area contributed by atoms with Crippen molar-refractivity contribution in [2.45, 2.75) is 57.6 Å². The van der Waals surface area contributed by atoms with Gasteiger partial charge < -0.3 is 15.0 Å². The Bertz CT molecular complexity index is 739. The standard InChI is InChI=1S/C22H29N3O3/c1-16(21(26)24-19-8-6-4-5-7-9-19)28-22(27)18(15-23)14-17-10-12-20(13-11-17)25(2)3/h10-14,16,19H,4-9H2,1-3H3,(H,24,26)/b18-14+/t16-/m0/s1. The molecule has 1 amide bonds. The number of hydrogen-bond donors (Lipinski definition) is 1. The van der Waals surface area contributed by atoms with Gasteiger partial charge in [0.1, 0.15) is 11.6 Å². The van der Waals surface area contributed by atoms with E-state index in [0.717, 1.165) is 36.9 Å². The fourth-order valence-electron chi connectivity index (χ4n) is 3.19. The number of rotatable bonds is 6. The van der Waals surface area contributed by atoms with Gasteiger partial charge in [-0.2, -0.15) is 5.26 Å². The second kappa shape index (κ2) is 10.5. The molecule has 0 spiro atoms. The van der Waals surface area contributed by atoms with Gasteiger partial charge in [-0.3, -0.25) is 4.79 Å². The van der Waals surface area contributed by atoms with E-state index in [2.05, 4.69) is 5.32 Å². The maximum absolute atomic E-state index is 12.3. The Balaban J connectivity index is 1.96. The van der Waals surface area contributed by atoms with Crippen molar-refractivity contribution >= 4 is 23.6 Å². The van der Waals surface area contributed by atoms with Crippen molar-refractivity contribution in [2.24, 2.45) is 0 Å². The first kappa shape index (κ1) is 21.5. The highest BCUT2D eigenvalue weighted by atomic mass is 16.5. The lowest BCUT2D eigenvalue weighted by atomic mass is 10.1. The molecule has 0 radical (unpaired) electrons. The molecule has 0 heterocycles. The van der Waals surface area contributed by atoms with E-state index >= 15 is 0 Å². The number of hydrogen-bond acceptors (Lipinski definition) is 5. The fraction of sp³-hybridized carbons (Fsp3) is 0.500. The second-order valence-corrected chi connectivity index (χ2v) is 7.40. The van der Waals surface area contributed by atoms with E-state index in [9.17, 15) is 14.9 Å². The number of carbonyl (C=O) groups excluding carboxylic acids is 2. The van der Waals surface area contributed by atoms with Gasteiger partial charge in [0.25, 0.3) is 5.91 Å². The third-order valence-electron chi connectivity index (χ3n) is 4.92. The molecule has 1 saturated carbocycles. The highest BCUT2D eigenvalue weighted by Gasteiger charge is 2.23. The molecule has 2 rings (SSSR count). The first-order valence-corrected chi connectivity index (χ1v) is 9.81. The van der Waals surface area contributed by atoms with Gasteiger partial charge in [0, 0.05) is 25.8 Å². The number of amides is 1. The molecule has 1 aliphatic rings. The minimum Gasteiger partial charge on any atom is -0.448 e. The first-order chi connectivity index (χ1) is 13.4. The molecular formula is C22H29N3O3. The van der Waals surface area contributed by atoms with Crippen LogP contribution in [0.5, 0.6) is 0 Å². The molecule has 1 aromatic rings. The van der Waals surface area contributed by atoms with Crippen LogP contribution in [0, 0.1) is 11.3 Å². The van der Waals surface area contributed by atoms with Gasteiger partial charge in [0.05, 0.1) is 0 Å². The fourth-order valence-corrected chi connectivity index (χ4v) is 3.19. The normalized spacial score (nSPS) is 16.4.